The number of hydrogen-bond acceptors (Lipinski definition) is 5. The fourth-order valence-corrected chi connectivity index (χ4v) is 2.77. The second-order valence-electron chi connectivity index (χ2n) is 6.41. The van der Waals surface area contributed by atoms with E-state index < -0.39 is 23.3 Å². The minimum Gasteiger partial charge on any atom is -0.387 e. The van der Waals surface area contributed by atoms with Crippen LogP contribution in [-0.4, -0.2) is 31.7 Å². The summed E-state index contributed by atoms with van der Waals surface area (Å²) in [5.74, 6) is -0.504. The summed E-state index contributed by atoms with van der Waals surface area (Å²) in [4.78, 5) is 40.7. The minimum atomic E-state index is -0.855. The van der Waals surface area contributed by atoms with E-state index in [9.17, 15) is 19.5 Å². The molecular formula is C19H20N4O4. The summed E-state index contributed by atoms with van der Waals surface area (Å²) in [6.07, 6.45) is -0.855. The van der Waals surface area contributed by atoms with E-state index in [0.29, 0.717) is 5.56 Å². The summed E-state index contributed by atoms with van der Waals surface area (Å²) >= 11 is 0. The second-order valence-corrected chi connectivity index (χ2v) is 6.41. The van der Waals surface area contributed by atoms with Gasteiger partial charge in [0.15, 0.2) is 0 Å². The molecule has 8 nitrogen and oxygen atoms in total. The van der Waals surface area contributed by atoms with Gasteiger partial charge in [-0.05, 0) is 24.6 Å². The zero-order valence-electron chi connectivity index (χ0n) is 15.3. The lowest BCUT2D eigenvalue weighted by atomic mass is 10.1. The van der Waals surface area contributed by atoms with Crippen LogP contribution in [0.25, 0.3) is 11.0 Å². The van der Waals surface area contributed by atoms with Crippen LogP contribution >= 0.6 is 0 Å². The molecule has 0 radical (unpaired) electrons. The molecule has 0 fully saturated rings. The molecule has 2 N–H and O–H groups in total. The number of benzene rings is 1. The highest BCUT2D eigenvalue weighted by molar-refractivity contribution is 5.94. The van der Waals surface area contributed by atoms with Gasteiger partial charge in [-0.15, -0.1) is 0 Å². The number of amides is 1. The van der Waals surface area contributed by atoms with Crippen molar-refractivity contribution in [2.75, 3.05) is 6.54 Å². The van der Waals surface area contributed by atoms with E-state index in [1.807, 2.05) is 19.1 Å². The summed E-state index contributed by atoms with van der Waals surface area (Å²) < 4.78 is 2.20. The molecule has 0 aliphatic heterocycles. The van der Waals surface area contributed by atoms with Gasteiger partial charge in [0.25, 0.3) is 11.5 Å². The number of aryl methyl sites for hydroxylation is 2. The first-order valence-corrected chi connectivity index (χ1v) is 8.39. The molecule has 0 aliphatic carbocycles. The molecular weight excluding hydrogens is 348 g/mol. The van der Waals surface area contributed by atoms with Crippen LogP contribution in [0.5, 0.6) is 0 Å². The van der Waals surface area contributed by atoms with Gasteiger partial charge in [-0.1, -0.05) is 29.8 Å². The second kappa shape index (κ2) is 7.16. The molecule has 0 unspecified atom stereocenters. The molecule has 1 amide bonds. The maximum atomic E-state index is 12.4. The first kappa shape index (κ1) is 18.5. The Kier molecular flexibility index (Phi) is 4.91. The highest BCUT2D eigenvalue weighted by Gasteiger charge is 2.15. The van der Waals surface area contributed by atoms with Gasteiger partial charge in [0.1, 0.15) is 11.3 Å². The van der Waals surface area contributed by atoms with E-state index in [1.54, 1.807) is 12.1 Å². The Morgan fingerprint density at radius 2 is 1.78 bits per heavy atom. The Morgan fingerprint density at radius 3 is 2.44 bits per heavy atom. The quantitative estimate of drug-likeness (QED) is 0.694. The number of nitrogens with one attached hydrogen (secondary N) is 1. The third kappa shape index (κ3) is 3.52. The first-order valence-electron chi connectivity index (χ1n) is 8.39. The molecule has 2 heterocycles. The smallest absolute Gasteiger partial charge is 0.332 e. The number of carbonyl (C=O) groups excluding carboxylic acids is 1. The van der Waals surface area contributed by atoms with Crippen molar-refractivity contribution in [1.82, 2.24) is 19.4 Å². The van der Waals surface area contributed by atoms with Crippen molar-refractivity contribution in [3.8, 4) is 0 Å². The zero-order valence-corrected chi connectivity index (χ0v) is 15.3. The van der Waals surface area contributed by atoms with E-state index >= 15 is 0 Å². The SMILES string of the molecule is Cc1ccc([C@@H](O)CNC(=O)c2ccc3c(=O)n(C)c(=O)n(C)c3n2)cc1. The van der Waals surface area contributed by atoms with Crippen molar-refractivity contribution < 1.29 is 9.90 Å². The molecule has 0 saturated heterocycles. The van der Waals surface area contributed by atoms with Gasteiger partial charge in [0.05, 0.1) is 11.5 Å². The van der Waals surface area contributed by atoms with Crippen molar-refractivity contribution in [2.45, 2.75) is 13.0 Å². The van der Waals surface area contributed by atoms with Crippen LogP contribution in [0.4, 0.5) is 0 Å². The first-order chi connectivity index (χ1) is 12.8. The average Bonchev–Trinajstić information content (AvgIpc) is 2.68. The largest absolute Gasteiger partial charge is 0.387 e. The summed E-state index contributed by atoms with van der Waals surface area (Å²) in [5, 5.41) is 13.1. The molecule has 27 heavy (non-hydrogen) atoms. The molecule has 0 aliphatic rings. The number of aromatic nitrogens is 3. The molecule has 140 valence electrons. The maximum Gasteiger partial charge on any atom is 0.332 e. The average molecular weight is 368 g/mol. The molecule has 8 heteroatoms. The number of aliphatic hydroxyl groups is 1. The molecule has 1 aromatic carbocycles. The highest BCUT2D eigenvalue weighted by atomic mass is 16.3. The van der Waals surface area contributed by atoms with E-state index in [0.717, 1.165) is 10.1 Å². The molecule has 0 saturated carbocycles. The van der Waals surface area contributed by atoms with Gasteiger partial charge < -0.3 is 10.4 Å². The van der Waals surface area contributed by atoms with Gasteiger partial charge in [-0.2, -0.15) is 0 Å². The van der Waals surface area contributed by atoms with E-state index in [2.05, 4.69) is 10.3 Å². The lowest BCUT2D eigenvalue weighted by molar-refractivity contribution is 0.0911. The van der Waals surface area contributed by atoms with E-state index in [1.165, 1.54) is 30.8 Å². The van der Waals surface area contributed by atoms with Crippen LogP contribution in [0.15, 0.2) is 46.0 Å². The molecule has 3 aromatic rings. The monoisotopic (exact) mass is 368 g/mol. The Morgan fingerprint density at radius 1 is 1.11 bits per heavy atom. The summed E-state index contributed by atoms with van der Waals surface area (Å²) in [7, 11) is 2.87. The lowest BCUT2D eigenvalue weighted by Crippen LogP contribution is -2.37. The van der Waals surface area contributed by atoms with Crippen LogP contribution in [0.3, 0.4) is 0 Å². The number of fused-ring (bicyclic) bond motifs is 1. The van der Waals surface area contributed by atoms with Crippen LogP contribution < -0.4 is 16.6 Å². The number of rotatable bonds is 4. The number of hydrogen-bond donors (Lipinski definition) is 2. The Bertz CT molecular complexity index is 1130. The van der Waals surface area contributed by atoms with Crippen LogP contribution in [0.2, 0.25) is 0 Å². The van der Waals surface area contributed by atoms with Gasteiger partial charge in [0, 0.05) is 20.6 Å². The summed E-state index contributed by atoms with van der Waals surface area (Å²) in [6, 6.07) is 10.2. The Labute approximate surface area is 154 Å². The normalized spacial score (nSPS) is 12.1. The van der Waals surface area contributed by atoms with E-state index in [4.69, 9.17) is 0 Å². The predicted molar refractivity (Wildman–Crippen MR) is 101 cm³/mol. The third-order valence-electron chi connectivity index (χ3n) is 4.45. The molecule has 0 spiro atoms. The fourth-order valence-electron chi connectivity index (χ4n) is 2.77. The van der Waals surface area contributed by atoms with Crippen LogP contribution in [0, 0.1) is 6.92 Å². The van der Waals surface area contributed by atoms with Crippen molar-refractivity contribution in [2.24, 2.45) is 14.1 Å². The Balaban J connectivity index is 1.83. The van der Waals surface area contributed by atoms with E-state index in [-0.39, 0.29) is 23.3 Å². The van der Waals surface area contributed by atoms with Gasteiger partial charge >= 0.3 is 5.69 Å². The number of pyridine rings is 1. The van der Waals surface area contributed by atoms with Crippen LogP contribution in [0.1, 0.15) is 27.7 Å². The molecule has 0 bridgehead atoms. The van der Waals surface area contributed by atoms with Crippen molar-refractivity contribution in [3.05, 3.63) is 74.1 Å². The van der Waals surface area contributed by atoms with Crippen molar-refractivity contribution in [1.29, 1.82) is 0 Å². The van der Waals surface area contributed by atoms with Gasteiger partial charge in [-0.3, -0.25) is 18.7 Å². The molecule has 1 atom stereocenters. The minimum absolute atomic E-state index is 0.0110. The molecule has 2 aromatic heterocycles. The van der Waals surface area contributed by atoms with Crippen LogP contribution in [-0.2, 0) is 14.1 Å². The predicted octanol–water partition coefficient (Wildman–Crippen LogP) is 0.404. The summed E-state index contributed by atoms with van der Waals surface area (Å²) in [6.45, 7) is 1.96. The zero-order chi connectivity index (χ0) is 19.7. The van der Waals surface area contributed by atoms with Crippen molar-refractivity contribution >= 4 is 16.9 Å². The number of nitrogens with zero attached hydrogens (tertiary/aromatic N) is 3. The maximum absolute atomic E-state index is 12.4. The Hall–Kier alpha value is -3.26. The van der Waals surface area contributed by atoms with Crippen molar-refractivity contribution in [3.63, 3.8) is 0 Å². The lowest BCUT2D eigenvalue weighted by Gasteiger charge is -2.13. The highest BCUT2D eigenvalue weighted by Crippen LogP contribution is 2.13. The number of carbonyl (C=O) groups is 1. The topological polar surface area (TPSA) is 106 Å². The summed E-state index contributed by atoms with van der Waals surface area (Å²) in [5.41, 5.74) is 0.969. The standard InChI is InChI=1S/C19H20N4O4/c1-11-4-6-12(7-5-11)15(24)10-20-17(25)14-9-8-13-16(21-14)22(2)19(27)23(3)18(13)26/h4-9,15,24H,10H2,1-3H3,(H,20,25)/t15-/m0/s1. The fraction of sp³-hybridized carbons (Fsp3) is 0.263. The van der Waals surface area contributed by atoms with Gasteiger partial charge in [0.2, 0.25) is 0 Å². The molecule has 3 rings (SSSR count). The third-order valence-corrected chi connectivity index (χ3v) is 4.45. The number of aliphatic hydroxyl groups excluding tert-OH is 1. The van der Waals surface area contributed by atoms with Gasteiger partial charge in [-0.25, -0.2) is 9.78 Å².